The minimum Gasteiger partial charge on any atom is -0.390 e. The first-order valence-corrected chi connectivity index (χ1v) is 6.94. The van der Waals surface area contributed by atoms with Crippen LogP contribution in [-0.2, 0) is 16.3 Å². The quantitative estimate of drug-likeness (QED) is 0.875. The van der Waals surface area contributed by atoms with Gasteiger partial charge in [-0.3, -0.25) is 0 Å². The summed E-state index contributed by atoms with van der Waals surface area (Å²) in [6.45, 7) is 5.08. The highest BCUT2D eigenvalue weighted by Gasteiger charge is 2.15. The van der Waals surface area contributed by atoms with Crippen LogP contribution in [0.1, 0.15) is 26.3 Å². The Hall–Kier alpha value is -0.870. The molecule has 0 aliphatic carbocycles. The van der Waals surface area contributed by atoms with Crippen LogP contribution in [0.25, 0.3) is 0 Å². The van der Waals surface area contributed by atoms with Crippen molar-refractivity contribution in [2.24, 2.45) is 0 Å². The molecule has 0 aromatic heterocycles. The lowest BCUT2D eigenvalue weighted by Gasteiger charge is -2.16. The number of rotatable bonds is 4. The molecule has 0 unspecified atom stereocenters. The maximum absolute atomic E-state index is 11.5. The smallest absolute Gasteiger partial charge is 0.178 e. The van der Waals surface area contributed by atoms with Crippen LogP contribution in [0.2, 0.25) is 0 Å². The molecule has 1 rings (SSSR count). The van der Waals surface area contributed by atoms with Crippen LogP contribution >= 0.6 is 0 Å². The average molecular weight is 242 g/mol. The average Bonchev–Trinajstić information content (AvgIpc) is 2.16. The van der Waals surface area contributed by atoms with Gasteiger partial charge in [0.2, 0.25) is 0 Å². The number of hydrogen-bond donors (Lipinski definition) is 1. The second-order valence-corrected chi connectivity index (χ2v) is 6.81. The van der Waals surface area contributed by atoms with E-state index < -0.39 is 15.4 Å². The van der Waals surface area contributed by atoms with Crippen molar-refractivity contribution in [2.45, 2.75) is 37.7 Å². The van der Waals surface area contributed by atoms with Gasteiger partial charge in [-0.1, -0.05) is 19.1 Å². The van der Waals surface area contributed by atoms with Crippen molar-refractivity contribution in [3.8, 4) is 0 Å². The van der Waals surface area contributed by atoms with Crippen molar-refractivity contribution in [3.63, 3.8) is 0 Å². The van der Waals surface area contributed by atoms with Crippen molar-refractivity contribution in [1.29, 1.82) is 0 Å². The summed E-state index contributed by atoms with van der Waals surface area (Å²) in [5, 5.41) is 9.63. The van der Waals surface area contributed by atoms with Gasteiger partial charge in [0.1, 0.15) is 0 Å². The molecule has 0 amide bonds. The van der Waals surface area contributed by atoms with Crippen LogP contribution in [0.5, 0.6) is 0 Å². The van der Waals surface area contributed by atoms with Crippen LogP contribution in [0.3, 0.4) is 0 Å². The molecule has 3 nitrogen and oxygen atoms in total. The summed E-state index contributed by atoms with van der Waals surface area (Å²) in [7, 11) is -3.12. The number of benzene rings is 1. The first-order chi connectivity index (χ1) is 7.24. The lowest BCUT2D eigenvalue weighted by Crippen LogP contribution is -2.21. The van der Waals surface area contributed by atoms with Crippen LogP contribution in [0.4, 0.5) is 0 Å². The maximum Gasteiger partial charge on any atom is 0.178 e. The Kier molecular flexibility index (Phi) is 3.76. The Labute approximate surface area is 97.0 Å². The van der Waals surface area contributed by atoms with Gasteiger partial charge in [0.25, 0.3) is 0 Å². The van der Waals surface area contributed by atoms with Crippen molar-refractivity contribution in [2.75, 3.05) is 5.75 Å². The van der Waals surface area contributed by atoms with Gasteiger partial charge in [-0.25, -0.2) is 8.42 Å². The van der Waals surface area contributed by atoms with Crippen molar-refractivity contribution in [1.82, 2.24) is 0 Å². The molecule has 0 heterocycles. The minimum atomic E-state index is -3.12. The van der Waals surface area contributed by atoms with Gasteiger partial charge in [-0.05, 0) is 31.5 Å². The van der Waals surface area contributed by atoms with E-state index in [-0.39, 0.29) is 5.75 Å². The highest BCUT2D eigenvalue weighted by molar-refractivity contribution is 7.91. The Morgan fingerprint density at radius 3 is 2.06 bits per heavy atom. The molecular formula is C12H18O3S. The lowest BCUT2D eigenvalue weighted by atomic mass is 9.99. The molecule has 90 valence electrons. The fraction of sp³-hybridized carbons (Fsp3) is 0.500. The fourth-order valence-electron chi connectivity index (χ4n) is 1.48. The Balaban J connectivity index is 2.93. The third kappa shape index (κ3) is 3.61. The van der Waals surface area contributed by atoms with E-state index in [0.717, 1.165) is 5.56 Å². The first-order valence-electron chi connectivity index (χ1n) is 5.29. The second kappa shape index (κ2) is 4.55. The standard InChI is InChI=1S/C12H18O3S/c1-4-16(14,15)11-7-5-10(6-8-11)9-12(2,3)13/h5-8,13H,4,9H2,1-3H3. The minimum absolute atomic E-state index is 0.109. The Morgan fingerprint density at radius 2 is 1.69 bits per heavy atom. The van der Waals surface area contributed by atoms with E-state index in [2.05, 4.69) is 0 Å². The maximum atomic E-state index is 11.5. The van der Waals surface area contributed by atoms with Gasteiger partial charge in [-0.15, -0.1) is 0 Å². The number of hydrogen-bond acceptors (Lipinski definition) is 3. The normalized spacial score (nSPS) is 12.8. The van der Waals surface area contributed by atoms with E-state index in [9.17, 15) is 13.5 Å². The summed E-state index contributed by atoms with van der Waals surface area (Å²) in [4.78, 5) is 0.342. The predicted octanol–water partition coefficient (Wildman–Crippen LogP) is 1.79. The van der Waals surface area contributed by atoms with E-state index in [0.29, 0.717) is 11.3 Å². The van der Waals surface area contributed by atoms with E-state index >= 15 is 0 Å². The van der Waals surface area contributed by atoms with Crippen molar-refractivity contribution in [3.05, 3.63) is 29.8 Å². The molecule has 0 spiro atoms. The molecule has 1 aromatic rings. The van der Waals surface area contributed by atoms with Crippen LogP contribution in [0.15, 0.2) is 29.2 Å². The molecule has 1 N–H and O–H groups in total. The summed E-state index contributed by atoms with van der Waals surface area (Å²) in [6, 6.07) is 6.70. The molecule has 0 saturated carbocycles. The van der Waals surface area contributed by atoms with E-state index in [1.54, 1.807) is 45.0 Å². The van der Waals surface area contributed by atoms with E-state index in [1.807, 2.05) is 0 Å². The summed E-state index contributed by atoms with van der Waals surface area (Å²) in [5.41, 5.74) is 0.160. The molecule has 1 aromatic carbocycles. The van der Waals surface area contributed by atoms with Gasteiger partial charge in [0.05, 0.1) is 16.2 Å². The third-order valence-corrected chi connectivity index (χ3v) is 4.05. The zero-order chi connectivity index (χ0) is 12.4. The molecule has 0 aliphatic heterocycles. The SMILES string of the molecule is CCS(=O)(=O)c1ccc(CC(C)(C)O)cc1. The molecular weight excluding hydrogens is 224 g/mol. The van der Waals surface area contributed by atoms with Gasteiger partial charge in [0.15, 0.2) is 9.84 Å². The topological polar surface area (TPSA) is 54.4 Å². The van der Waals surface area contributed by atoms with Gasteiger partial charge < -0.3 is 5.11 Å². The Bertz CT molecular complexity index is 438. The van der Waals surface area contributed by atoms with Crippen LogP contribution < -0.4 is 0 Å². The van der Waals surface area contributed by atoms with Gasteiger partial charge >= 0.3 is 0 Å². The van der Waals surface area contributed by atoms with Crippen LogP contribution in [0, 0.1) is 0 Å². The Morgan fingerprint density at radius 1 is 1.19 bits per heavy atom. The largest absolute Gasteiger partial charge is 0.390 e. The van der Waals surface area contributed by atoms with Crippen molar-refractivity contribution >= 4 is 9.84 Å². The molecule has 4 heteroatoms. The summed E-state index contributed by atoms with van der Waals surface area (Å²) >= 11 is 0. The molecule has 0 radical (unpaired) electrons. The second-order valence-electron chi connectivity index (χ2n) is 4.54. The molecule has 0 aliphatic rings. The molecule has 0 atom stereocenters. The number of aliphatic hydroxyl groups is 1. The van der Waals surface area contributed by atoms with E-state index in [4.69, 9.17) is 0 Å². The third-order valence-electron chi connectivity index (χ3n) is 2.30. The monoisotopic (exact) mass is 242 g/mol. The molecule has 0 saturated heterocycles. The molecule has 0 fully saturated rings. The lowest BCUT2D eigenvalue weighted by molar-refractivity contribution is 0.0810. The zero-order valence-electron chi connectivity index (χ0n) is 9.90. The van der Waals surface area contributed by atoms with Crippen molar-refractivity contribution < 1.29 is 13.5 Å². The number of sulfone groups is 1. The predicted molar refractivity (Wildman–Crippen MR) is 64.2 cm³/mol. The van der Waals surface area contributed by atoms with Crippen LogP contribution in [-0.4, -0.2) is 24.9 Å². The summed E-state index contributed by atoms with van der Waals surface area (Å²) in [6.07, 6.45) is 0.513. The molecule has 0 bridgehead atoms. The molecule has 16 heavy (non-hydrogen) atoms. The summed E-state index contributed by atoms with van der Waals surface area (Å²) < 4.78 is 23.1. The zero-order valence-corrected chi connectivity index (χ0v) is 10.7. The highest BCUT2D eigenvalue weighted by atomic mass is 32.2. The van der Waals surface area contributed by atoms with Gasteiger partial charge in [0, 0.05) is 6.42 Å². The summed E-state index contributed by atoms with van der Waals surface area (Å²) in [5.74, 6) is 0.109. The first kappa shape index (κ1) is 13.2. The fourth-order valence-corrected chi connectivity index (χ4v) is 2.36. The highest BCUT2D eigenvalue weighted by Crippen LogP contribution is 2.16. The van der Waals surface area contributed by atoms with Gasteiger partial charge in [-0.2, -0.15) is 0 Å². The van der Waals surface area contributed by atoms with E-state index in [1.165, 1.54) is 0 Å².